The molecule has 2 amide bonds. The minimum absolute atomic E-state index is 0.114. The van der Waals surface area contributed by atoms with Crippen LogP contribution in [0.3, 0.4) is 0 Å². The van der Waals surface area contributed by atoms with Crippen molar-refractivity contribution in [1.29, 1.82) is 0 Å². The molecule has 6 heteroatoms. The largest absolute Gasteiger partial charge is 0.481 e. The van der Waals surface area contributed by atoms with Crippen LogP contribution in [0.15, 0.2) is 0 Å². The topological polar surface area (TPSA) is 72.9 Å². The molecule has 2 saturated heterocycles. The molecule has 2 aliphatic heterocycles. The van der Waals surface area contributed by atoms with E-state index in [9.17, 15) is 14.7 Å². The minimum atomic E-state index is -0.829. The number of fused-ring (bicyclic) bond motifs is 1. The van der Waals surface area contributed by atoms with E-state index in [-0.39, 0.29) is 12.6 Å². The Labute approximate surface area is 126 Å². The van der Waals surface area contributed by atoms with Crippen LogP contribution in [-0.2, 0) is 4.79 Å². The van der Waals surface area contributed by atoms with E-state index < -0.39 is 11.9 Å². The summed E-state index contributed by atoms with van der Waals surface area (Å²) in [6.45, 7) is 7.81. The zero-order valence-corrected chi connectivity index (χ0v) is 13.0. The summed E-state index contributed by atoms with van der Waals surface area (Å²) in [5, 5.41) is 12.0. The lowest BCUT2D eigenvalue weighted by Crippen LogP contribution is -2.55. The molecule has 6 nitrogen and oxygen atoms in total. The van der Waals surface area contributed by atoms with Crippen molar-refractivity contribution in [3.8, 4) is 0 Å². The van der Waals surface area contributed by atoms with Crippen molar-refractivity contribution in [2.45, 2.75) is 39.2 Å². The van der Waals surface area contributed by atoms with Gasteiger partial charge in [-0.1, -0.05) is 13.8 Å². The van der Waals surface area contributed by atoms with Crippen molar-refractivity contribution in [2.75, 3.05) is 32.7 Å². The highest BCUT2D eigenvalue weighted by Crippen LogP contribution is 2.21. The molecule has 2 rings (SSSR count). The second kappa shape index (κ2) is 7.11. The van der Waals surface area contributed by atoms with Gasteiger partial charge in [0.15, 0.2) is 0 Å². The van der Waals surface area contributed by atoms with E-state index in [1.165, 1.54) is 6.42 Å². The van der Waals surface area contributed by atoms with Crippen LogP contribution in [0, 0.1) is 11.8 Å². The van der Waals surface area contributed by atoms with Crippen LogP contribution in [0.2, 0.25) is 0 Å². The number of rotatable bonds is 5. The number of carbonyl (C=O) groups is 2. The minimum Gasteiger partial charge on any atom is -0.481 e. The average molecular weight is 297 g/mol. The molecule has 2 atom stereocenters. The maximum absolute atomic E-state index is 12.2. The molecule has 2 aliphatic rings. The summed E-state index contributed by atoms with van der Waals surface area (Å²) in [4.78, 5) is 27.7. The van der Waals surface area contributed by atoms with Gasteiger partial charge in [-0.2, -0.15) is 0 Å². The van der Waals surface area contributed by atoms with Gasteiger partial charge >= 0.3 is 12.0 Å². The fourth-order valence-electron chi connectivity index (χ4n) is 3.34. The van der Waals surface area contributed by atoms with Gasteiger partial charge in [-0.3, -0.25) is 9.69 Å². The Balaban J connectivity index is 1.79. The maximum atomic E-state index is 12.2. The third-order valence-corrected chi connectivity index (χ3v) is 4.48. The first-order valence-corrected chi connectivity index (χ1v) is 7.97. The van der Waals surface area contributed by atoms with Crippen molar-refractivity contribution in [2.24, 2.45) is 11.8 Å². The smallest absolute Gasteiger partial charge is 0.317 e. The summed E-state index contributed by atoms with van der Waals surface area (Å²) in [7, 11) is 0. The SMILES string of the molecule is CC(C)CC(CNC(=O)N1CCN2CCCC2C1)C(=O)O. The quantitative estimate of drug-likeness (QED) is 0.800. The highest BCUT2D eigenvalue weighted by Gasteiger charge is 2.32. The van der Waals surface area contributed by atoms with Crippen LogP contribution in [0.4, 0.5) is 4.79 Å². The number of carboxylic acid groups (broad SMARTS) is 1. The van der Waals surface area contributed by atoms with E-state index in [2.05, 4.69) is 10.2 Å². The summed E-state index contributed by atoms with van der Waals surface area (Å²) in [5.41, 5.74) is 0. The van der Waals surface area contributed by atoms with Gasteiger partial charge in [0.2, 0.25) is 0 Å². The summed E-state index contributed by atoms with van der Waals surface area (Å²) >= 11 is 0. The summed E-state index contributed by atoms with van der Waals surface area (Å²) < 4.78 is 0. The first-order valence-electron chi connectivity index (χ1n) is 7.97. The average Bonchev–Trinajstić information content (AvgIpc) is 2.89. The van der Waals surface area contributed by atoms with Crippen molar-refractivity contribution in [1.82, 2.24) is 15.1 Å². The van der Waals surface area contributed by atoms with E-state index in [1.807, 2.05) is 18.7 Å². The van der Waals surface area contributed by atoms with Crippen molar-refractivity contribution in [3.63, 3.8) is 0 Å². The third kappa shape index (κ3) is 4.33. The number of nitrogens with one attached hydrogen (secondary N) is 1. The molecular weight excluding hydrogens is 270 g/mol. The lowest BCUT2D eigenvalue weighted by molar-refractivity contribution is -0.142. The Kier molecular flexibility index (Phi) is 5.45. The second-order valence-corrected chi connectivity index (χ2v) is 6.63. The molecule has 2 unspecified atom stereocenters. The Morgan fingerprint density at radius 3 is 2.71 bits per heavy atom. The van der Waals surface area contributed by atoms with E-state index in [1.54, 1.807) is 0 Å². The first kappa shape index (κ1) is 16.1. The molecule has 2 heterocycles. The molecule has 0 aromatic carbocycles. The highest BCUT2D eigenvalue weighted by molar-refractivity contribution is 5.76. The lowest BCUT2D eigenvalue weighted by atomic mass is 9.97. The molecule has 0 bridgehead atoms. The zero-order valence-electron chi connectivity index (χ0n) is 13.0. The number of urea groups is 1. The third-order valence-electron chi connectivity index (χ3n) is 4.48. The summed E-state index contributed by atoms with van der Waals surface area (Å²) in [5.74, 6) is -1.02. The van der Waals surface area contributed by atoms with Crippen LogP contribution >= 0.6 is 0 Å². The highest BCUT2D eigenvalue weighted by atomic mass is 16.4. The Morgan fingerprint density at radius 2 is 2.05 bits per heavy atom. The predicted molar refractivity (Wildman–Crippen MR) is 80.1 cm³/mol. The Bertz CT molecular complexity index is 386. The van der Waals surface area contributed by atoms with Crippen LogP contribution in [-0.4, -0.2) is 65.7 Å². The van der Waals surface area contributed by atoms with Crippen molar-refractivity contribution < 1.29 is 14.7 Å². The second-order valence-electron chi connectivity index (χ2n) is 6.63. The Morgan fingerprint density at radius 1 is 1.29 bits per heavy atom. The molecule has 0 radical (unpaired) electrons. The number of carboxylic acids is 1. The monoisotopic (exact) mass is 297 g/mol. The molecular formula is C15H27N3O3. The zero-order chi connectivity index (χ0) is 15.4. The molecule has 0 aromatic heterocycles. The maximum Gasteiger partial charge on any atom is 0.317 e. The van der Waals surface area contributed by atoms with Gasteiger partial charge in [0.05, 0.1) is 5.92 Å². The van der Waals surface area contributed by atoms with Crippen molar-refractivity contribution in [3.05, 3.63) is 0 Å². The fourth-order valence-corrected chi connectivity index (χ4v) is 3.34. The number of amides is 2. The van der Waals surface area contributed by atoms with Gasteiger partial charge < -0.3 is 15.3 Å². The summed E-state index contributed by atoms with van der Waals surface area (Å²) in [6.07, 6.45) is 2.97. The van der Waals surface area contributed by atoms with Crippen LogP contribution in [0.5, 0.6) is 0 Å². The molecule has 21 heavy (non-hydrogen) atoms. The number of hydrogen-bond acceptors (Lipinski definition) is 3. The molecule has 2 N–H and O–H groups in total. The van der Waals surface area contributed by atoms with E-state index >= 15 is 0 Å². The number of nitrogens with zero attached hydrogens (tertiary/aromatic N) is 2. The normalized spacial score (nSPS) is 24.0. The molecule has 0 saturated carbocycles. The molecule has 0 aromatic rings. The van der Waals surface area contributed by atoms with Gasteiger partial charge in [0, 0.05) is 32.2 Å². The number of aliphatic carboxylic acids is 1. The van der Waals surface area contributed by atoms with E-state index in [0.29, 0.717) is 18.4 Å². The number of hydrogen-bond donors (Lipinski definition) is 2. The van der Waals surface area contributed by atoms with Gasteiger partial charge in [-0.05, 0) is 31.7 Å². The van der Waals surface area contributed by atoms with Crippen LogP contribution in [0.25, 0.3) is 0 Å². The molecule has 120 valence electrons. The fraction of sp³-hybridized carbons (Fsp3) is 0.867. The molecule has 0 spiro atoms. The number of piperazine rings is 1. The standard InChI is InChI=1S/C15H27N3O3/c1-11(2)8-12(14(19)20)9-16-15(21)18-7-6-17-5-3-4-13(17)10-18/h11-13H,3-10H2,1-2H3,(H,16,21)(H,19,20). The Hall–Kier alpha value is -1.30. The first-order chi connectivity index (χ1) is 9.97. The predicted octanol–water partition coefficient (Wildman–Crippen LogP) is 1.22. The van der Waals surface area contributed by atoms with E-state index in [4.69, 9.17) is 0 Å². The van der Waals surface area contributed by atoms with E-state index in [0.717, 1.165) is 32.6 Å². The number of carbonyl (C=O) groups excluding carboxylic acids is 1. The van der Waals surface area contributed by atoms with Gasteiger partial charge in [-0.15, -0.1) is 0 Å². The van der Waals surface area contributed by atoms with Gasteiger partial charge in [-0.25, -0.2) is 4.79 Å². The van der Waals surface area contributed by atoms with Gasteiger partial charge in [0.1, 0.15) is 0 Å². The molecule has 2 fully saturated rings. The lowest BCUT2D eigenvalue weighted by Gasteiger charge is -2.37. The van der Waals surface area contributed by atoms with Crippen LogP contribution in [0.1, 0.15) is 33.1 Å². The van der Waals surface area contributed by atoms with Crippen molar-refractivity contribution >= 4 is 12.0 Å². The summed E-state index contributed by atoms with van der Waals surface area (Å²) in [6, 6.07) is 0.381. The molecule has 0 aliphatic carbocycles. The van der Waals surface area contributed by atoms with Gasteiger partial charge in [0.25, 0.3) is 0 Å². The van der Waals surface area contributed by atoms with Crippen LogP contribution < -0.4 is 5.32 Å².